The summed E-state index contributed by atoms with van der Waals surface area (Å²) < 4.78 is 18.3. The van der Waals surface area contributed by atoms with Gasteiger partial charge in [-0.25, -0.2) is 4.39 Å². The fourth-order valence-electron chi connectivity index (χ4n) is 3.11. The van der Waals surface area contributed by atoms with E-state index in [0.29, 0.717) is 24.8 Å². The van der Waals surface area contributed by atoms with Crippen molar-refractivity contribution in [3.05, 3.63) is 47.4 Å². The van der Waals surface area contributed by atoms with Crippen molar-refractivity contribution >= 4 is 5.91 Å². The molecule has 0 saturated carbocycles. The third kappa shape index (κ3) is 5.35. The van der Waals surface area contributed by atoms with Crippen LogP contribution in [-0.2, 0) is 23.3 Å². The Labute approximate surface area is 159 Å². The second-order valence-electron chi connectivity index (χ2n) is 8.16. The number of likely N-dealkylation sites (tertiary alicyclic amines) is 1. The van der Waals surface area contributed by atoms with Crippen LogP contribution in [0.1, 0.15) is 50.9 Å². The highest BCUT2D eigenvalue weighted by atomic mass is 19.1. The minimum atomic E-state index is -0.270. The highest BCUT2D eigenvalue weighted by Gasteiger charge is 2.27. The lowest BCUT2D eigenvalue weighted by Crippen LogP contribution is -2.40. The van der Waals surface area contributed by atoms with E-state index in [1.165, 1.54) is 12.1 Å². The Morgan fingerprint density at radius 2 is 1.93 bits per heavy atom. The molecule has 146 valence electrons. The van der Waals surface area contributed by atoms with Crippen molar-refractivity contribution < 1.29 is 13.7 Å². The fourth-order valence-corrected chi connectivity index (χ4v) is 3.11. The van der Waals surface area contributed by atoms with E-state index >= 15 is 0 Å². The second-order valence-corrected chi connectivity index (χ2v) is 8.16. The Hall–Kier alpha value is -2.28. The van der Waals surface area contributed by atoms with Crippen LogP contribution >= 0.6 is 0 Å². The van der Waals surface area contributed by atoms with Gasteiger partial charge in [-0.1, -0.05) is 38.1 Å². The summed E-state index contributed by atoms with van der Waals surface area (Å²) in [6.45, 7) is 8.85. The monoisotopic (exact) mass is 374 g/mol. The van der Waals surface area contributed by atoms with Crippen LogP contribution in [0.5, 0.6) is 0 Å². The van der Waals surface area contributed by atoms with Gasteiger partial charge in [-0.3, -0.25) is 9.69 Å². The van der Waals surface area contributed by atoms with Crippen LogP contribution in [-0.4, -0.2) is 34.0 Å². The Morgan fingerprint density at radius 1 is 1.26 bits per heavy atom. The molecule has 3 rings (SSSR count). The molecule has 0 aliphatic carbocycles. The van der Waals surface area contributed by atoms with E-state index in [0.717, 1.165) is 31.5 Å². The predicted molar refractivity (Wildman–Crippen MR) is 99.2 cm³/mol. The number of carbonyl (C=O) groups excluding carboxylic acids is 1. The zero-order valence-electron chi connectivity index (χ0n) is 16.2. The number of amides is 1. The molecule has 1 saturated heterocycles. The third-order valence-corrected chi connectivity index (χ3v) is 4.81. The van der Waals surface area contributed by atoms with Crippen molar-refractivity contribution in [3.63, 3.8) is 0 Å². The molecule has 1 aliphatic heterocycles. The summed E-state index contributed by atoms with van der Waals surface area (Å²) in [5, 5.41) is 7.02. The van der Waals surface area contributed by atoms with Gasteiger partial charge in [0.1, 0.15) is 5.82 Å². The van der Waals surface area contributed by atoms with Crippen molar-refractivity contribution in [2.24, 2.45) is 5.92 Å². The quantitative estimate of drug-likeness (QED) is 0.871. The molecule has 1 aromatic heterocycles. The molecule has 2 heterocycles. The molecule has 1 amide bonds. The van der Waals surface area contributed by atoms with Crippen LogP contribution in [0.25, 0.3) is 0 Å². The van der Waals surface area contributed by atoms with E-state index in [1.807, 2.05) is 20.8 Å². The molecule has 0 unspecified atom stereocenters. The van der Waals surface area contributed by atoms with Gasteiger partial charge in [0.15, 0.2) is 5.82 Å². The number of benzene rings is 1. The Kier molecular flexibility index (Phi) is 5.89. The zero-order chi connectivity index (χ0) is 19.4. The van der Waals surface area contributed by atoms with E-state index in [1.54, 1.807) is 12.1 Å². The van der Waals surface area contributed by atoms with E-state index in [-0.39, 0.29) is 23.1 Å². The van der Waals surface area contributed by atoms with Crippen molar-refractivity contribution in [3.8, 4) is 0 Å². The molecule has 0 bridgehead atoms. The van der Waals surface area contributed by atoms with Crippen LogP contribution in [0.4, 0.5) is 4.39 Å². The van der Waals surface area contributed by atoms with E-state index < -0.39 is 0 Å². The number of halogens is 1. The maximum absolute atomic E-state index is 12.9. The van der Waals surface area contributed by atoms with Crippen molar-refractivity contribution in [1.29, 1.82) is 0 Å². The maximum Gasteiger partial charge on any atom is 0.232 e. The average Bonchev–Trinajstić information content (AvgIpc) is 3.10. The van der Waals surface area contributed by atoms with E-state index in [2.05, 4.69) is 20.4 Å². The van der Waals surface area contributed by atoms with Gasteiger partial charge in [0.25, 0.3) is 0 Å². The Bertz CT molecular complexity index is 759. The summed E-state index contributed by atoms with van der Waals surface area (Å²) in [6.07, 6.45) is 1.61. The van der Waals surface area contributed by atoms with Gasteiger partial charge in [0, 0.05) is 17.9 Å². The molecule has 1 fully saturated rings. The first-order valence-electron chi connectivity index (χ1n) is 9.39. The molecule has 1 N–H and O–H groups in total. The first kappa shape index (κ1) is 19.5. The van der Waals surface area contributed by atoms with Crippen molar-refractivity contribution in [2.45, 2.75) is 52.1 Å². The molecule has 6 nitrogen and oxygen atoms in total. The van der Waals surface area contributed by atoms with Crippen LogP contribution in [0.2, 0.25) is 0 Å². The van der Waals surface area contributed by atoms with Crippen LogP contribution in [0.15, 0.2) is 28.8 Å². The summed E-state index contributed by atoms with van der Waals surface area (Å²) in [7, 11) is 0. The Balaban J connectivity index is 1.43. The summed E-state index contributed by atoms with van der Waals surface area (Å²) in [5.41, 5.74) is 0.745. The number of nitrogens with zero attached hydrogens (tertiary/aromatic N) is 3. The van der Waals surface area contributed by atoms with Gasteiger partial charge in [-0.05, 0) is 43.6 Å². The zero-order valence-corrected chi connectivity index (χ0v) is 16.2. The first-order valence-corrected chi connectivity index (χ1v) is 9.39. The van der Waals surface area contributed by atoms with Crippen LogP contribution in [0, 0.1) is 11.7 Å². The summed E-state index contributed by atoms with van der Waals surface area (Å²) >= 11 is 0. The van der Waals surface area contributed by atoms with E-state index in [9.17, 15) is 9.18 Å². The third-order valence-electron chi connectivity index (χ3n) is 4.81. The number of carbonyl (C=O) groups is 1. The number of hydrogen-bond acceptors (Lipinski definition) is 5. The van der Waals surface area contributed by atoms with Gasteiger partial charge in [0.05, 0.1) is 6.54 Å². The highest BCUT2D eigenvalue weighted by molar-refractivity contribution is 5.78. The summed E-state index contributed by atoms with van der Waals surface area (Å²) in [4.78, 5) is 19.1. The van der Waals surface area contributed by atoms with Crippen LogP contribution in [0.3, 0.4) is 0 Å². The molecular weight excluding hydrogens is 347 g/mol. The molecule has 1 aliphatic rings. The van der Waals surface area contributed by atoms with Gasteiger partial charge in [-0.15, -0.1) is 0 Å². The molecular formula is C20H27FN4O2. The highest BCUT2D eigenvalue weighted by Crippen LogP contribution is 2.22. The normalized spacial score (nSPS) is 16.4. The lowest BCUT2D eigenvalue weighted by Gasteiger charge is -2.30. The van der Waals surface area contributed by atoms with Gasteiger partial charge in [-0.2, -0.15) is 4.98 Å². The van der Waals surface area contributed by atoms with Crippen molar-refractivity contribution in [2.75, 3.05) is 13.1 Å². The number of aromatic nitrogens is 2. The summed E-state index contributed by atoms with van der Waals surface area (Å²) in [5.74, 6) is 1.14. The molecule has 27 heavy (non-hydrogen) atoms. The Morgan fingerprint density at radius 3 is 2.52 bits per heavy atom. The lowest BCUT2D eigenvalue weighted by molar-refractivity contribution is -0.126. The molecule has 0 atom stereocenters. The molecule has 0 radical (unpaired) electrons. The molecule has 7 heteroatoms. The number of piperidine rings is 1. The lowest BCUT2D eigenvalue weighted by atomic mass is 9.95. The first-order chi connectivity index (χ1) is 12.8. The van der Waals surface area contributed by atoms with Gasteiger partial charge < -0.3 is 9.84 Å². The van der Waals surface area contributed by atoms with Gasteiger partial charge in [0.2, 0.25) is 11.8 Å². The van der Waals surface area contributed by atoms with E-state index in [4.69, 9.17) is 4.52 Å². The fraction of sp³-hybridized carbons (Fsp3) is 0.550. The average molecular weight is 374 g/mol. The standard InChI is InChI=1S/C20H27FN4O2/c1-20(2,3)19-23-17(24-27-19)13-25-10-8-15(9-11-25)18(26)22-12-14-4-6-16(21)7-5-14/h4-7,15H,8-13H2,1-3H3,(H,22,26). The SMILES string of the molecule is CC(C)(C)c1nc(CN2CCC(C(=O)NCc3ccc(F)cc3)CC2)no1. The number of rotatable bonds is 5. The predicted octanol–water partition coefficient (Wildman–Crippen LogP) is 3.03. The maximum atomic E-state index is 12.9. The van der Waals surface area contributed by atoms with Gasteiger partial charge >= 0.3 is 0 Å². The second kappa shape index (κ2) is 8.17. The largest absolute Gasteiger partial charge is 0.352 e. The smallest absolute Gasteiger partial charge is 0.232 e. The van der Waals surface area contributed by atoms with Crippen LogP contribution < -0.4 is 5.32 Å². The molecule has 2 aromatic rings. The molecule has 0 spiro atoms. The number of nitrogens with one attached hydrogen (secondary N) is 1. The number of hydrogen-bond donors (Lipinski definition) is 1. The minimum absolute atomic E-state index is 0.0112. The van der Waals surface area contributed by atoms with Crippen molar-refractivity contribution in [1.82, 2.24) is 20.4 Å². The minimum Gasteiger partial charge on any atom is -0.352 e. The molecule has 1 aromatic carbocycles. The topological polar surface area (TPSA) is 71.3 Å². The summed E-state index contributed by atoms with van der Waals surface area (Å²) in [6, 6.07) is 6.19.